The molecule has 5 heteroatoms. The van der Waals surface area contributed by atoms with Gasteiger partial charge in [0.25, 0.3) is 0 Å². The Hall–Kier alpha value is -1.91. The second-order valence-electron chi connectivity index (χ2n) is 3.94. The molecule has 1 rings (SSSR count). The largest absolute Gasteiger partial charge is 0.479 e. The Labute approximate surface area is 98.7 Å². The number of amides is 1. The molecule has 0 radical (unpaired) electrons. The topological polar surface area (TPSA) is 57.6 Å². The van der Waals surface area contributed by atoms with E-state index in [1.54, 1.807) is 13.8 Å². The van der Waals surface area contributed by atoms with Crippen molar-refractivity contribution in [3.05, 3.63) is 35.6 Å². The second kappa shape index (κ2) is 5.43. The lowest BCUT2D eigenvalue weighted by atomic mass is 10.0. The molecule has 92 valence electrons. The predicted molar refractivity (Wildman–Crippen MR) is 59.8 cm³/mol. The van der Waals surface area contributed by atoms with Crippen molar-refractivity contribution in [2.75, 3.05) is 0 Å². The molecule has 0 aliphatic carbocycles. The van der Waals surface area contributed by atoms with E-state index < -0.39 is 17.8 Å². The van der Waals surface area contributed by atoms with Gasteiger partial charge in [0.2, 0.25) is 6.41 Å². The van der Waals surface area contributed by atoms with Crippen molar-refractivity contribution in [3.63, 3.8) is 0 Å². The van der Waals surface area contributed by atoms with Gasteiger partial charge in [0.05, 0.1) is 0 Å². The van der Waals surface area contributed by atoms with Crippen molar-refractivity contribution < 1.29 is 19.1 Å². The normalized spacial score (nSPS) is 12.2. The number of carboxylic acid groups (broad SMARTS) is 1. The molecule has 0 fully saturated rings. The highest BCUT2D eigenvalue weighted by molar-refractivity contribution is 5.78. The summed E-state index contributed by atoms with van der Waals surface area (Å²) >= 11 is 0. The van der Waals surface area contributed by atoms with Crippen LogP contribution in [0.5, 0.6) is 0 Å². The van der Waals surface area contributed by atoms with Crippen LogP contribution in [-0.2, 0) is 9.59 Å². The molecule has 17 heavy (non-hydrogen) atoms. The Morgan fingerprint density at radius 2 is 2.12 bits per heavy atom. The lowest BCUT2D eigenvalue weighted by Crippen LogP contribution is -2.38. The van der Waals surface area contributed by atoms with E-state index in [-0.39, 0.29) is 11.6 Å². The van der Waals surface area contributed by atoms with Gasteiger partial charge in [0.15, 0.2) is 6.04 Å². The number of hydrogen-bond acceptors (Lipinski definition) is 2. The van der Waals surface area contributed by atoms with Crippen molar-refractivity contribution in [2.24, 2.45) is 0 Å². The minimum absolute atomic E-state index is 0.248. The number of carbonyl (C=O) groups excluding carboxylic acids is 1. The summed E-state index contributed by atoms with van der Waals surface area (Å²) in [6.45, 7) is 3.40. The van der Waals surface area contributed by atoms with E-state index in [0.29, 0.717) is 6.41 Å². The summed E-state index contributed by atoms with van der Waals surface area (Å²) in [4.78, 5) is 23.2. The Kier molecular flexibility index (Phi) is 4.20. The average molecular weight is 239 g/mol. The SMILES string of the molecule is CC(C)N(C=O)C(C(=O)O)c1cccc(F)c1. The summed E-state index contributed by atoms with van der Waals surface area (Å²) < 4.78 is 13.1. The van der Waals surface area contributed by atoms with Crippen LogP contribution in [0.4, 0.5) is 4.39 Å². The van der Waals surface area contributed by atoms with Gasteiger partial charge in [-0.1, -0.05) is 12.1 Å². The van der Waals surface area contributed by atoms with Gasteiger partial charge < -0.3 is 10.0 Å². The first-order valence-electron chi connectivity index (χ1n) is 5.18. The van der Waals surface area contributed by atoms with E-state index in [0.717, 1.165) is 11.0 Å². The third kappa shape index (κ3) is 3.03. The zero-order chi connectivity index (χ0) is 13.0. The van der Waals surface area contributed by atoms with Crippen LogP contribution < -0.4 is 0 Å². The van der Waals surface area contributed by atoms with Crippen LogP contribution in [-0.4, -0.2) is 28.4 Å². The number of carbonyl (C=O) groups is 2. The van der Waals surface area contributed by atoms with Gasteiger partial charge in [-0.3, -0.25) is 4.79 Å². The summed E-state index contributed by atoms with van der Waals surface area (Å²) in [5.74, 6) is -1.71. The molecule has 1 aromatic rings. The van der Waals surface area contributed by atoms with Gasteiger partial charge in [-0.05, 0) is 31.5 Å². The fourth-order valence-corrected chi connectivity index (χ4v) is 1.60. The molecular weight excluding hydrogens is 225 g/mol. The van der Waals surface area contributed by atoms with Gasteiger partial charge in [-0.15, -0.1) is 0 Å². The number of halogens is 1. The molecule has 0 bridgehead atoms. The average Bonchev–Trinajstić information content (AvgIpc) is 2.24. The molecule has 0 heterocycles. The Morgan fingerprint density at radius 1 is 1.47 bits per heavy atom. The lowest BCUT2D eigenvalue weighted by molar-refractivity contribution is -0.148. The number of hydrogen-bond donors (Lipinski definition) is 1. The van der Waals surface area contributed by atoms with Crippen molar-refractivity contribution in [2.45, 2.75) is 25.9 Å². The van der Waals surface area contributed by atoms with Crippen molar-refractivity contribution >= 4 is 12.4 Å². The quantitative estimate of drug-likeness (QED) is 0.797. The Morgan fingerprint density at radius 3 is 2.53 bits per heavy atom. The van der Waals surface area contributed by atoms with Crippen LogP contribution in [0.25, 0.3) is 0 Å². The van der Waals surface area contributed by atoms with Crippen LogP contribution in [0.3, 0.4) is 0 Å². The fraction of sp³-hybridized carbons (Fsp3) is 0.333. The van der Waals surface area contributed by atoms with Gasteiger partial charge in [-0.25, -0.2) is 9.18 Å². The molecule has 1 unspecified atom stereocenters. The van der Waals surface area contributed by atoms with Crippen molar-refractivity contribution in [3.8, 4) is 0 Å². The van der Waals surface area contributed by atoms with Crippen LogP contribution >= 0.6 is 0 Å². The maximum Gasteiger partial charge on any atom is 0.331 e. The van der Waals surface area contributed by atoms with Gasteiger partial charge in [-0.2, -0.15) is 0 Å². The van der Waals surface area contributed by atoms with Crippen LogP contribution in [0.2, 0.25) is 0 Å². The van der Waals surface area contributed by atoms with Gasteiger partial charge >= 0.3 is 5.97 Å². The van der Waals surface area contributed by atoms with E-state index in [2.05, 4.69) is 0 Å². The van der Waals surface area contributed by atoms with Gasteiger partial charge in [0.1, 0.15) is 5.82 Å². The fourth-order valence-electron chi connectivity index (χ4n) is 1.60. The van der Waals surface area contributed by atoms with Crippen molar-refractivity contribution in [1.29, 1.82) is 0 Å². The van der Waals surface area contributed by atoms with E-state index in [9.17, 15) is 14.0 Å². The zero-order valence-corrected chi connectivity index (χ0v) is 9.63. The van der Waals surface area contributed by atoms with E-state index in [1.165, 1.54) is 18.2 Å². The number of aliphatic carboxylic acids is 1. The standard InChI is InChI=1S/C12H14FNO3/c1-8(2)14(7-15)11(12(16)17)9-4-3-5-10(13)6-9/h3-8,11H,1-2H3,(H,16,17). The highest BCUT2D eigenvalue weighted by Crippen LogP contribution is 2.22. The van der Waals surface area contributed by atoms with E-state index in [1.807, 2.05) is 0 Å². The van der Waals surface area contributed by atoms with E-state index in [4.69, 9.17) is 5.11 Å². The molecule has 1 atom stereocenters. The summed E-state index contributed by atoms with van der Waals surface area (Å²) in [6, 6.07) is 3.81. The summed E-state index contributed by atoms with van der Waals surface area (Å²) in [5.41, 5.74) is 0.248. The van der Waals surface area contributed by atoms with Crippen LogP contribution in [0.15, 0.2) is 24.3 Å². The monoisotopic (exact) mass is 239 g/mol. The smallest absolute Gasteiger partial charge is 0.331 e. The molecule has 0 saturated heterocycles. The molecule has 1 amide bonds. The number of carboxylic acids is 1. The van der Waals surface area contributed by atoms with Crippen LogP contribution in [0, 0.1) is 5.82 Å². The molecule has 0 aliphatic heterocycles. The Bertz CT molecular complexity index is 420. The zero-order valence-electron chi connectivity index (χ0n) is 9.63. The molecule has 1 aromatic carbocycles. The minimum atomic E-state index is -1.18. The predicted octanol–water partition coefficient (Wildman–Crippen LogP) is 1.82. The lowest BCUT2D eigenvalue weighted by Gasteiger charge is -2.28. The third-order valence-electron chi connectivity index (χ3n) is 2.41. The molecule has 0 spiro atoms. The van der Waals surface area contributed by atoms with E-state index >= 15 is 0 Å². The number of nitrogens with zero attached hydrogens (tertiary/aromatic N) is 1. The first kappa shape index (κ1) is 13.2. The first-order chi connectivity index (χ1) is 7.97. The summed E-state index contributed by atoms with van der Waals surface area (Å²) in [6.07, 6.45) is 0.467. The van der Waals surface area contributed by atoms with Crippen LogP contribution in [0.1, 0.15) is 25.5 Å². The molecule has 0 saturated carbocycles. The first-order valence-corrected chi connectivity index (χ1v) is 5.18. The van der Waals surface area contributed by atoms with Gasteiger partial charge in [0, 0.05) is 6.04 Å². The number of rotatable bonds is 5. The minimum Gasteiger partial charge on any atom is -0.479 e. The Balaban J connectivity index is 3.17. The highest BCUT2D eigenvalue weighted by Gasteiger charge is 2.28. The molecule has 0 aliphatic rings. The molecule has 1 N–H and O–H groups in total. The molecule has 4 nitrogen and oxygen atoms in total. The third-order valence-corrected chi connectivity index (χ3v) is 2.41. The maximum absolute atomic E-state index is 13.1. The van der Waals surface area contributed by atoms with Crippen molar-refractivity contribution in [1.82, 2.24) is 4.90 Å². The maximum atomic E-state index is 13.1. The highest BCUT2D eigenvalue weighted by atomic mass is 19.1. The second-order valence-corrected chi connectivity index (χ2v) is 3.94. The number of benzene rings is 1. The molecular formula is C12H14FNO3. The summed E-state index contributed by atoms with van der Waals surface area (Å²) in [7, 11) is 0. The summed E-state index contributed by atoms with van der Waals surface area (Å²) in [5, 5.41) is 9.14. The molecule has 0 aromatic heterocycles.